The minimum absolute atomic E-state index is 0.0623. The molecule has 1 aromatic heterocycles. The summed E-state index contributed by atoms with van der Waals surface area (Å²) in [5, 5.41) is 13.9. The van der Waals surface area contributed by atoms with Gasteiger partial charge in [0, 0.05) is 16.9 Å². The van der Waals surface area contributed by atoms with Gasteiger partial charge in [0.05, 0.1) is 0 Å². The van der Waals surface area contributed by atoms with E-state index in [1.165, 1.54) is 6.92 Å². The van der Waals surface area contributed by atoms with Crippen LogP contribution in [0.4, 0.5) is 17.2 Å². The highest BCUT2D eigenvalue weighted by molar-refractivity contribution is 6.03. The van der Waals surface area contributed by atoms with Crippen molar-refractivity contribution in [2.24, 2.45) is 0 Å². The van der Waals surface area contributed by atoms with Crippen LogP contribution in [0.1, 0.15) is 38.9 Å². The SMILES string of the molecule is CC(=O)c1cccc(NC(=O)c2ccc(Nc3cc(C)cc(C)c3)nn2)c1. The molecule has 3 rings (SSSR count). The first kappa shape index (κ1) is 18.3. The van der Waals surface area contributed by atoms with E-state index in [4.69, 9.17) is 0 Å². The fourth-order valence-electron chi connectivity index (χ4n) is 2.73. The van der Waals surface area contributed by atoms with Crippen LogP contribution in [0.3, 0.4) is 0 Å². The first-order chi connectivity index (χ1) is 12.9. The van der Waals surface area contributed by atoms with Gasteiger partial charge in [-0.1, -0.05) is 18.2 Å². The summed E-state index contributed by atoms with van der Waals surface area (Å²) in [6.45, 7) is 5.53. The predicted molar refractivity (Wildman–Crippen MR) is 106 cm³/mol. The fraction of sp³-hybridized carbons (Fsp3) is 0.143. The van der Waals surface area contributed by atoms with Crippen molar-refractivity contribution < 1.29 is 9.59 Å². The number of hydrogen-bond acceptors (Lipinski definition) is 5. The molecule has 6 nitrogen and oxygen atoms in total. The summed E-state index contributed by atoms with van der Waals surface area (Å²) in [4.78, 5) is 23.8. The van der Waals surface area contributed by atoms with E-state index in [9.17, 15) is 9.59 Å². The van der Waals surface area contributed by atoms with E-state index in [-0.39, 0.29) is 17.4 Å². The summed E-state index contributed by atoms with van der Waals surface area (Å²) < 4.78 is 0. The Bertz CT molecular complexity index is 977. The molecule has 0 aliphatic carbocycles. The minimum atomic E-state index is -0.388. The molecular formula is C21H20N4O2. The molecule has 0 bridgehead atoms. The number of aromatic nitrogens is 2. The van der Waals surface area contributed by atoms with Gasteiger partial charge in [0.2, 0.25) is 0 Å². The van der Waals surface area contributed by atoms with Crippen molar-refractivity contribution in [3.05, 3.63) is 77.0 Å². The van der Waals surface area contributed by atoms with Gasteiger partial charge in [-0.15, -0.1) is 10.2 Å². The third-order valence-corrected chi connectivity index (χ3v) is 3.92. The molecule has 6 heteroatoms. The second-order valence-corrected chi connectivity index (χ2v) is 6.40. The third kappa shape index (κ3) is 4.76. The first-order valence-corrected chi connectivity index (χ1v) is 8.52. The van der Waals surface area contributed by atoms with Crippen molar-refractivity contribution in [2.75, 3.05) is 10.6 Å². The topological polar surface area (TPSA) is 84.0 Å². The average molecular weight is 360 g/mol. The molecule has 27 heavy (non-hydrogen) atoms. The molecule has 0 saturated heterocycles. The van der Waals surface area contributed by atoms with E-state index in [1.807, 2.05) is 26.0 Å². The Balaban J connectivity index is 1.70. The molecule has 0 fully saturated rings. The second-order valence-electron chi connectivity index (χ2n) is 6.40. The van der Waals surface area contributed by atoms with Gasteiger partial charge >= 0.3 is 0 Å². The van der Waals surface area contributed by atoms with Gasteiger partial charge < -0.3 is 10.6 Å². The van der Waals surface area contributed by atoms with Crippen molar-refractivity contribution in [1.29, 1.82) is 0 Å². The molecule has 0 radical (unpaired) electrons. The van der Waals surface area contributed by atoms with E-state index in [2.05, 4.69) is 26.9 Å². The third-order valence-electron chi connectivity index (χ3n) is 3.92. The number of hydrogen-bond donors (Lipinski definition) is 2. The molecule has 3 aromatic rings. The number of carbonyl (C=O) groups excluding carboxylic acids is 2. The molecular weight excluding hydrogens is 340 g/mol. The van der Waals surface area contributed by atoms with E-state index in [0.29, 0.717) is 17.1 Å². The lowest BCUT2D eigenvalue weighted by atomic mass is 10.1. The summed E-state index contributed by atoms with van der Waals surface area (Å²) in [6.07, 6.45) is 0. The van der Waals surface area contributed by atoms with Gasteiger partial charge in [0.15, 0.2) is 17.3 Å². The fourth-order valence-corrected chi connectivity index (χ4v) is 2.73. The molecule has 0 aliphatic heterocycles. The molecule has 0 spiro atoms. The maximum absolute atomic E-state index is 12.3. The summed E-state index contributed by atoms with van der Waals surface area (Å²) >= 11 is 0. The lowest BCUT2D eigenvalue weighted by Crippen LogP contribution is -2.15. The van der Waals surface area contributed by atoms with Crippen molar-refractivity contribution >= 4 is 28.9 Å². The Morgan fingerprint density at radius 3 is 2.22 bits per heavy atom. The average Bonchev–Trinajstić information content (AvgIpc) is 2.61. The molecule has 0 saturated carbocycles. The van der Waals surface area contributed by atoms with Crippen LogP contribution in [0.5, 0.6) is 0 Å². The quantitative estimate of drug-likeness (QED) is 0.663. The summed E-state index contributed by atoms with van der Waals surface area (Å²) in [7, 11) is 0. The zero-order valence-corrected chi connectivity index (χ0v) is 15.4. The Kier molecular flexibility index (Phi) is 5.26. The highest BCUT2D eigenvalue weighted by Crippen LogP contribution is 2.18. The standard InChI is InChI=1S/C21H20N4O2/c1-13-9-14(2)11-18(10-13)22-20-8-7-19(24-25-20)21(27)23-17-6-4-5-16(12-17)15(3)26/h4-12H,1-3H3,(H,22,25)(H,23,27). The van der Waals surface area contributed by atoms with Gasteiger partial charge in [-0.2, -0.15) is 0 Å². The number of carbonyl (C=O) groups is 2. The summed E-state index contributed by atoms with van der Waals surface area (Å²) in [6, 6.07) is 16.2. The first-order valence-electron chi connectivity index (χ1n) is 8.52. The maximum atomic E-state index is 12.3. The number of amides is 1. The van der Waals surface area contributed by atoms with Crippen LogP contribution in [0.15, 0.2) is 54.6 Å². The Morgan fingerprint density at radius 1 is 0.852 bits per heavy atom. The molecule has 136 valence electrons. The zero-order valence-electron chi connectivity index (χ0n) is 15.4. The lowest BCUT2D eigenvalue weighted by Gasteiger charge is -2.08. The largest absolute Gasteiger partial charge is 0.339 e. The normalized spacial score (nSPS) is 10.3. The van der Waals surface area contributed by atoms with E-state index >= 15 is 0 Å². The van der Waals surface area contributed by atoms with Crippen molar-refractivity contribution in [2.45, 2.75) is 20.8 Å². The maximum Gasteiger partial charge on any atom is 0.276 e. The van der Waals surface area contributed by atoms with Crippen LogP contribution < -0.4 is 10.6 Å². The zero-order chi connectivity index (χ0) is 19.4. The van der Waals surface area contributed by atoms with Crippen LogP contribution in [0.25, 0.3) is 0 Å². The number of rotatable bonds is 5. The predicted octanol–water partition coefficient (Wildman–Crippen LogP) is 4.29. The van der Waals surface area contributed by atoms with Gasteiger partial charge in [-0.25, -0.2) is 0 Å². The Labute approximate surface area is 157 Å². The van der Waals surface area contributed by atoms with Crippen LogP contribution in [-0.2, 0) is 0 Å². The van der Waals surface area contributed by atoms with Crippen LogP contribution >= 0.6 is 0 Å². The van der Waals surface area contributed by atoms with Crippen molar-refractivity contribution in [1.82, 2.24) is 10.2 Å². The highest BCUT2D eigenvalue weighted by Gasteiger charge is 2.10. The number of Topliss-reactive ketones (excluding diaryl/α,β-unsaturated/α-hetero) is 1. The Morgan fingerprint density at radius 2 is 1.59 bits per heavy atom. The van der Waals surface area contributed by atoms with Gasteiger partial charge in [0.1, 0.15) is 0 Å². The molecule has 0 unspecified atom stereocenters. The molecule has 2 aromatic carbocycles. The number of nitrogens with zero attached hydrogens (tertiary/aromatic N) is 2. The number of aryl methyl sites for hydroxylation is 2. The van der Waals surface area contributed by atoms with Gasteiger partial charge in [-0.3, -0.25) is 9.59 Å². The van der Waals surface area contributed by atoms with Gasteiger partial charge in [-0.05, 0) is 68.3 Å². The molecule has 2 N–H and O–H groups in total. The van der Waals surface area contributed by atoms with E-state index < -0.39 is 0 Å². The summed E-state index contributed by atoms with van der Waals surface area (Å²) in [5.41, 5.74) is 4.47. The smallest absolute Gasteiger partial charge is 0.276 e. The van der Waals surface area contributed by atoms with E-state index in [0.717, 1.165) is 16.8 Å². The minimum Gasteiger partial charge on any atom is -0.339 e. The summed E-state index contributed by atoms with van der Waals surface area (Å²) in [5.74, 6) is 0.101. The number of benzene rings is 2. The second kappa shape index (κ2) is 7.78. The van der Waals surface area contributed by atoms with E-state index in [1.54, 1.807) is 36.4 Å². The lowest BCUT2D eigenvalue weighted by molar-refractivity contribution is 0.100. The number of ketones is 1. The number of nitrogens with one attached hydrogen (secondary N) is 2. The van der Waals surface area contributed by atoms with Gasteiger partial charge in [0.25, 0.3) is 5.91 Å². The molecule has 0 atom stereocenters. The Hall–Kier alpha value is -3.54. The van der Waals surface area contributed by atoms with Crippen molar-refractivity contribution in [3.63, 3.8) is 0 Å². The monoisotopic (exact) mass is 360 g/mol. The van der Waals surface area contributed by atoms with Crippen molar-refractivity contribution in [3.8, 4) is 0 Å². The molecule has 1 amide bonds. The van der Waals surface area contributed by atoms with Crippen LogP contribution in [-0.4, -0.2) is 21.9 Å². The molecule has 1 heterocycles. The molecule has 0 aliphatic rings. The highest BCUT2D eigenvalue weighted by atomic mass is 16.2. The number of anilines is 3. The van der Waals surface area contributed by atoms with Crippen LogP contribution in [0.2, 0.25) is 0 Å². The van der Waals surface area contributed by atoms with Crippen LogP contribution in [0, 0.1) is 13.8 Å².